The first-order chi connectivity index (χ1) is 9.59. The second kappa shape index (κ2) is 4.94. The highest BCUT2D eigenvalue weighted by Gasteiger charge is 2.29. The Labute approximate surface area is 117 Å². The molecule has 20 heavy (non-hydrogen) atoms. The van der Waals surface area contributed by atoms with E-state index in [4.69, 9.17) is 4.42 Å². The van der Waals surface area contributed by atoms with Crippen molar-refractivity contribution in [1.29, 1.82) is 0 Å². The van der Waals surface area contributed by atoms with Crippen molar-refractivity contribution in [3.05, 3.63) is 35.6 Å². The van der Waals surface area contributed by atoms with Crippen LogP contribution in [0.4, 0.5) is 0 Å². The first-order valence-electron chi connectivity index (χ1n) is 7.08. The van der Waals surface area contributed by atoms with Gasteiger partial charge in [0.1, 0.15) is 16.9 Å². The van der Waals surface area contributed by atoms with Crippen LogP contribution < -0.4 is 5.32 Å². The van der Waals surface area contributed by atoms with Crippen LogP contribution in [-0.2, 0) is 6.54 Å². The number of carboxylic acids is 1. The van der Waals surface area contributed by atoms with Crippen LogP contribution in [0, 0.1) is 0 Å². The van der Waals surface area contributed by atoms with Crippen LogP contribution in [-0.4, -0.2) is 16.6 Å². The molecule has 1 fully saturated rings. The predicted molar refractivity (Wildman–Crippen MR) is 76.9 cm³/mol. The summed E-state index contributed by atoms with van der Waals surface area (Å²) in [6.07, 6.45) is 4.73. The van der Waals surface area contributed by atoms with Gasteiger partial charge in [0.15, 0.2) is 0 Å². The van der Waals surface area contributed by atoms with Crippen molar-refractivity contribution in [3.63, 3.8) is 0 Å². The van der Waals surface area contributed by atoms with Crippen molar-refractivity contribution in [3.8, 4) is 0 Å². The van der Waals surface area contributed by atoms with Gasteiger partial charge in [-0.3, -0.25) is 0 Å². The highest BCUT2D eigenvalue weighted by atomic mass is 16.4. The lowest BCUT2D eigenvalue weighted by Gasteiger charge is -2.24. The summed E-state index contributed by atoms with van der Waals surface area (Å²) in [6, 6.07) is 7.29. The van der Waals surface area contributed by atoms with Gasteiger partial charge in [0.25, 0.3) is 0 Å². The van der Waals surface area contributed by atoms with E-state index in [9.17, 15) is 9.90 Å². The maximum atomic E-state index is 11.5. The Hall–Kier alpha value is -1.81. The number of aromatic carboxylic acids is 1. The van der Waals surface area contributed by atoms with Crippen molar-refractivity contribution in [2.24, 2.45) is 0 Å². The number of carbonyl (C=O) groups is 1. The standard InChI is InChI=1S/C16H19NO3/c1-16(8-4-5-9-16)17-10-13-14(15(18)19)11-6-2-3-7-12(11)20-13/h2-3,6-7,17H,4-5,8-10H2,1H3,(H,18,19). The second-order valence-corrected chi connectivity index (χ2v) is 5.82. The smallest absolute Gasteiger partial charge is 0.339 e. The van der Waals surface area contributed by atoms with Gasteiger partial charge in [0.2, 0.25) is 0 Å². The van der Waals surface area contributed by atoms with E-state index in [0.717, 1.165) is 12.8 Å². The third-order valence-electron chi connectivity index (χ3n) is 4.27. The monoisotopic (exact) mass is 273 g/mol. The molecule has 1 aromatic heterocycles. The fourth-order valence-corrected chi connectivity index (χ4v) is 3.08. The Morgan fingerprint density at radius 1 is 1.35 bits per heavy atom. The highest BCUT2D eigenvalue weighted by molar-refractivity contribution is 6.03. The molecule has 0 atom stereocenters. The van der Waals surface area contributed by atoms with Crippen LogP contribution in [0.2, 0.25) is 0 Å². The van der Waals surface area contributed by atoms with Crippen LogP contribution in [0.25, 0.3) is 11.0 Å². The summed E-state index contributed by atoms with van der Waals surface area (Å²) in [4.78, 5) is 11.5. The summed E-state index contributed by atoms with van der Waals surface area (Å²) in [7, 11) is 0. The lowest BCUT2D eigenvalue weighted by Crippen LogP contribution is -2.38. The van der Waals surface area contributed by atoms with E-state index < -0.39 is 5.97 Å². The minimum absolute atomic E-state index is 0.106. The molecular weight excluding hydrogens is 254 g/mol. The molecule has 1 aliphatic carbocycles. The van der Waals surface area contributed by atoms with Crippen LogP contribution in [0.3, 0.4) is 0 Å². The van der Waals surface area contributed by atoms with E-state index in [2.05, 4.69) is 12.2 Å². The molecule has 0 aliphatic heterocycles. The van der Waals surface area contributed by atoms with E-state index in [0.29, 0.717) is 23.3 Å². The van der Waals surface area contributed by atoms with Gasteiger partial charge in [0.05, 0.1) is 6.54 Å². The summed E-state index contributed by atoms with van der Waals surface area (Å²) in [5, 5.41) is 13.6. The summed E-state index contributed by atoms with van der Waals surface area (Å²) >= 11 is 0. The predicted octanol–water partition coefficient (Wildman–Crippen LogP) is 3.55. The Bertz CT molecular complexity index is 638. The normalized spacial score (nSPS) is 17.6. The summed E-state index contributed by atoms with van der Waals surface area (Å²) in [5.41, 5.74) is 1.03. The molecule has 0 radical (unpaired) electrons. The summed E-state index contributed by atoms with van der Waals surface area (Å²) < 4.78 is 5.72. The van der Waals surface area contributed by atoms with Crippen molar-refractivity contribution in [2.75, 3.05) is 0 Å². The molecule has 2 N–H and O–H groups in total. The van der Waals surface area contributed by atoms with E-state index in [1.807, 2.05) is 18.2 Å². The third kappa shape index (κ3) is 2.31. The number of para-hydroxylation sites is 1. The summed E-state index contributed by atoms with van der Waals surface area (Å²) in [6.45, 7) is 2.66. The largest absolute Gasteiger partial charge is 0.478 e. The lowest BCUT2D eigenvalue weighted by molar-refractivity contribution is 0.0695. The molecule has 1 saturated carbocycles. The van der Waals surface area contributed by atoms with Crippen LogP contribution in [0.1, 0.15) is 48.7 Å². The van der Waals surface area contributed by atoms with E-state index in [1.165, 1.54) is 12.8 Å². The fourth-order valence-electron chi connectivity index (χ4n) is 3.08. The van der Waals surface area contributed by atoms with Crippen LogP contribution in [0.15, 0.2) is 28.7 Å². The van der Waals surface area contributed by atoms with E-state index in [-0.39, 0.29) is 11.1 Å². The van der Waals surface area contributed by atoms with Gasteiger partial charge in [-0.2, -0.15) is 0 Å². The zero-order chi connectivity index (χ0) is 14.2. The van der Waals surface area contributed by atoms with Gasteiger partial charge in [-0.15, -0.1) is 0 Å². The molecule has 106 valence electrons. The molecule has 4 nitrogen and oxygen atoms in total. The third-order valence-corrected chi connectivity index (χ3v) is 4.27. The molecular formula is C16H19NO3. The molecule has 0 amide bonds. The zero-order valence-corrected chi connectivity index (χ0v) is 11.6. The topological polar surface area (TPSA) is 62.5 Å². The Kier molecular flexibility index (Phi) is 3.26. The molecule has 1 heterocycles. The fraction of sp³-hybridized carbons (Fsp3) is 0.438. The number of furan rings is 1. The second-order valence-electron chi connectivity index (χ2n) is 5.82. The molecule has 0 unspecified atom stereocenters. The number of hydrogen-bond acceptors (Lipinski definition) is 3. The number of hydrogen-bond donors (Lipinski definition) is 2. The molecule has 2 aromatic rings. The van der Waals surface area contributed by atoms with Crippen LogP contribution >= 0.6 is 0 Å². The van der Waals surface area contributed by atoms with E-state index >= 15 is 0 Å². The van der Waals surface area contributed by atoms with Crippen molar-refractivity contribution >= 4 is 16.9 Å². The molecule has 0 spiro atoms. The number of benzene rings is 1. The molecule has 0 bridgehead atoms. The molecule has 0 saturated heterocycles. The minimum Gasteiger partial charge on any atom is -0.478 e. The van der Waals surface area contributed by atoms with Crippen molar-refractivity contribution in [2.45, 2.75) is 44.7 Å². The van der Waals surface area contributed by atoms with Gasteiger partial charge in [-0.25, -0.2) is 4.79 Å². The maximum absolute atomic E-state index is 11.5. The summed E-state index contributed by atoms with van der Waals surface area (Å²) in [5.74, 6) is -0.407. The van der Waals surface area contributed by atoms with Gasteiger partial charge in [0, 0.05) is 10.9 Å². The van der Waals surface area contributed by atoms with Crippen LogP contribution in [0.5, 0.6) is 0 Å². The minimum atomic E-state index is -0.927. The highest BCUT2D eigenvalue weighted by Crippen LogP contribution is 2.31. The SMILES string of the molecule is CC1(NCc2oc3ccccc3c2C(=O)O)CCCC1. The lowest BCUT2D eigenvalue weighted by atomic mass is 10.0. The molecule has 3 rings (SSSR count). The Morgan fingerprint density at radius 2 is 2.05 bits per heavy atom. The number of fused-ring (bicyclic) bond motifs is 1. The van der Waals surface area contributed by atoms with E-state index in [1.54, 1.807) is 6.07 Å². The first kappa shape index (κ1) is 13.2. The average Bonchev–Trinajstić information content (AvgIpc) is 3.00. The molecule has 4 heteroatoms. The van der Waals surface area contributed by atoms with Crippen molar-refractivity contribution < 1.29 is 14.3 Å². The van der Waals surface area contributed by atoms with Gasteiger partial charge in [-0.1, -0.05) is 31.0 Å². The Balaban J connectivity index is 1.90. The molecule has 1 aromatic carbocycles. The Morgan fingerprint density at radius 3 is 2.75 bits per heavy atom. The maximum Gasteiger partial charge on any atom is 0.339 e. The number of carboxylic acid groups (broad SMARTS) is 1. The van der Waals surface area contributed by atoms with Gasteiger partial charge >= 0.3 is 5.97 Å². The number of rotatable bonds is 4. The first-order valence-corrected chi connectivity index (χ1v) is 7.08. The zero-order valence-electron chi connectivity index (χ0n) is 11.6. The quantitative estimate of drug-likeness (QED) is 0.894. The molecule has 1 aliphatic rings. The van der Waals surface area contributed by atoms with Gasteiger partial charge in [-0.05, 0) is 25.8 Å². The number of nitrogens with one attached hydrogen (secondary N) is 1. The van der Waals surface area contributed by atoms with Gasteiger partial charge < -0.3 is 14.8 Å². The van der Waals surface area contributed by atoms with Crippen molar-refractivity contribution in [1.82, 2.24) is 5.32 Å². The average molecular weight is 273 g/mol.